The molecule has 4 aromatic rings. The first kappa shape index (κ1) is 18.3. The molecule has 0 aliphatic rings. The van der Waals surface area contributed by atoms with Crippen molar-refractivity contribution in [3.63, 3.8) is 0 Å². The molecule has 9 nitrogen and oxygen atoms in total. The lowest BCUT2D eigenvalue weighted by molar-refractivity contribution is 0.419. The van der Waals surface area contributed by atoms with Crippen molar-refractivity contribution in [2.24, 2.45) is 0 Å². The van der Waals surface area contributed by atoms with Gasteiger partial charge < -0.3 is 15.5 Å². The highest BCUT2D eigenvalue weighted by Gasteiger charge is 2.12. The van der Waals surface area contributed by atoms with E-state index in [-0.39, 0.29) is 5.95 Å². The molecule has 11 heteroatoms. The fourth-order valence-electron chi connectivity index (χ4n) is 2.35. The third-order valence-corrected chi connectivity index (χ3v) is 5.14. The molecule has 0 saturated heterocycles. The number of rotatable bonds is 7. The van der Waals surface area contributed by atoms with E-state index >= 15 is 0 Å². The van der Waals surface area contributed by atoms with Crippen LogP contribution in [0.3, 0.4) is 0 Å². The second-order valence-corrected chi connectivity index (χ2v) is 7.70. The first-order chi connectivity index (χ1) is 13.6. The van der Waals surface area contributed by atoms with Gasteiger partial charge in [0, 0.05) is 11.1 Å². The molecule has 0 aliphatic carbocycles. The molecule has 0 atom stereocenters. The zero-order valence-electron chi connectivity index (χ0n) is 14.9. The van der Waals surface area contributed by atoms with Crippen LogP contribution in [0.5, 0.6) is 0 Å². The predicted octanol–water partition coefficient (Wildman–Crippen LogP) is 3.23. The monoisotopic (exact) mass is 412 g/mol. The summed E-state index contributed by atoms with van der Waals surface area (Å²) in [5, 5.41) is 14.7. The third kappa shape index (κ3) is 4.81. The standard InChI is InChI=1S/C17H16N8OS2/c1-10-19-12(8-27-10)7-14-24-25-17(26-14)28-9-13-21-15(18)23-16(22-13)20-11-5-3-2-4-6-11/h2-6,8H,7,9H2,1H3,(H3,18,20,21,22,23). The number of para-hydroxylation sites is 1. The Hall–Kier alpha value is -3.05. The number of nitrogens with zero attached hydrogens (tertiary/aromatic N) is 6. The predicted molar refractivity (Wildman–Crippen MR) is 107 cm³/mol. The molecule has 0 unspecified atom stereocenters. The number of aromatic nitrogens is 6. The van der Waals surface area contributed by atoms with Crippen molar-refractivity contribution in [2.75, 3.05) is 11.1 Å². The van der Waals surface area contributed by atoms with Gasteiger partial charge in [-0.1, -0.05) is 30.0 Å². The van der Waals surface area contributed by atoms with E-state index in [0.717, 1.165) is 16.4 Å². The van der Waals surface area contributed by atoms with Crippen LogP contribution in [-0.2, 0) is 12.2 Å². The number of aryl methyl sites for hydroxylation is 1. The van der Waals surface area contributed by atoms with Gasteiger partial charge in [0.15, 0.2) is 0 Å². The Morgan fingerprint density at radius 3 is 2.75 bits per heavy atom. The maximum atomic E-state index is 5.81. The molecule has 0 spiro atoms. The molecule has 1 aromatic carbocycles. The third-order valence-electron chi connectivity index (χ3n) is 3.50. The maximum Gasteiger partial charge on any atom is 0.277 e. The normalized spacial score (nSPS) is 10.9. The van der Waals surface area contributed by atoms with Gasteiger partial charge in [0.2, 0.25) is 17.8 Å². The number of nitrogens with one attached hydrogen (secondary N) is 1. The number of thioether (sulfide) groups is 1. The van der Waals surface area contributed by atoms with Crippen LogP contribution >= 0.6 is 23.1 Å². The van der Waals surface area contributed by atoms with Crippen molar-refractivity contribution in [1.82, 2.24) is 30.1 Å². The highest BCUT2D eigenvalue weighted by Crippen LogP contribution is 2.22. The number of hydrogen-bond donors (Lipinski definition) is 2. The minimum Gasteiger partial charge on any atom is -0.416 e. The van der Waals surface area contributed by atoms with Crippen LogP contribution in [0, 0.1) is 6.92 Å². The van der Waals surface area contributed by atoms with Crippen LogP contribution in [-0.4, -0.2) is 30.1 Å². The van der Waals surface area contributed by atoms with E-state index in [2.05, 4.69) is 35.5 Å². The number of nitrogen functional groups attached to an aromatic ring is 1. The summed E-state index contributed by atoms with van der Waals surface area (Å²) in [6.45, 7) is 1.96. The molecule has 0 aliphatic heterocycles. The number of thiazole rings is 1. The van der Waals surface area contributed by atoms with Gasteiger partial charge in [-0.2, -0.15) is 15.0 Å². The molecule has 0 fully saturated rings. The van der Waals surface area contributed by atoms with E-state index in [1.807, 2.05) is 42.6 Å². The SMILES string of the molecule is Cc1nc(Cc2nnc(SCc3nc(N)nc(Nc4ccccc4)n3)o2)cs1. The molecule has 0 amide bonds. The van der Waals surface area contributed by atoms with Gasteiger partial charge in [0.25, 0.3) is 5.22 Å². The summed E-state index contributed by atoms with van der Waals surface area (Å²) in [4.78, 5) is 17.1. The summed E-state index contributed by atoms with van der Waals surface area (Å²) in [5.74, 6) is 2.00. The van der Waals surface area contributed by atoms with Gasteiger partial charge in [0.1, 0.15) is 5.82 Å². The van der Waals surface area contributed by atoms with E-state index < -0.39 is 0 Å². The van der Waals surface area contributed by atoms with E-state index in [1.165, 1.54) is 11.8 Å². The lowest BCUT2D eigenvalue weighted by atomic mass is 10.3. The molecule has 3 aromatic heterocycles. The Labute approximate surface area is 168 Å². The molecular weight excluding hydrogens is 396 g/mol. The van der Waals surface area contributed by atoms with Crippen molar-refractivity contribution in [2.45, 2.75) is 24.3 Å². The maximum absolute atomic E-state index is 5.81. The van der Waals surface area contributed by atoms with Gasteiger partial charge in [-0.05, 0) is 19.1 Å². The zero-order valence-corrected chi connectivity index (χ0v) is 16.5. The average molecular weight is 413 g/mol. The van der Waals surface area contributed by atoms with Crippen LogP contribution in [0.25, 0.3) is 0 Å². The summed E-state index contributed by atoms with van der Waals surface area (Å²) < 4.78 is 5.66. The van der Waals surface area contributed by atoms with E-state index in [1.54, 1.807) is 11.3 Å². The number of anilines is 3. The van der Waals surface area contributed by atoms with Crippen molar-refractivity contribution in [3.8, 4) is 0 Å². The Balaban J connectivity index is 1.39. The van der Waals surface area contributed by atoms with E-state index in [0.29, 0.717) is 35.1 Å². The molecule has 0 bridgehead atoms. The summed E-state index contributed by atoms with van der Waals surface area (Å²) >= 11 is 2.93. The Bertz CT molecular complexity index is 1070. The summed E-state index contributed by atoms with van der Waals surface area (Å²) in [7, 11) is 0. The summed E-state index contributed by atoms with van der Waals surface area (Å²) in [6, 6.07) is 9.60. The molecule has 142 valence electrons. The molecular formula is C17H16N8OS2. The van der Waals surface area contributed by atoms with Crippen LogP contribution in [0.15, 0.2) is 45.4 Å². The zero-order chi connectivity index (χ0) is 19.3. The van der Waals surface area contributed by atoms with E-state index in [4.69, 9.17) is 10.2 Å². The molecule has 3 heterocycles. The smallest absolute Gasteiger partial charge is 0.277 e. The van der Waals surface area contributed by atoms with Crippen LogP contribution in [0.4, 0.5) is 17.6 Å². The van der Waals surface area contributed by atoms with Gasteiger partial charge in [0.05, 0.1) is 22.9 Å². The lowest BCUT2D eigenvalue weighted by Gasteiger charge is -2.06. The topological polar surface area (TPSA) is 129 Å². The largest absolute Gasteiger partial charge is 0.416 e. The molecule has 0 saturated carbocycles. The molecule has 0 radical (unpaired) electrons. The Kier molecular flexibility index (Phi) is 5.44. The first-order valence-corrected chi connectivity index (χ1v) is 10.2. The second kappa shape index (κ2) is 8.31. The van der Waals surface area contributed by atoms with Gasteiger partial charge in [-0.15, -0.1) is 21.5 Å². The summed E-state index contributed by atoms with van der Waals surface area (Å²) in [5.41, 5.74) is 7.59. The van der Waals surface area contributed by atoms with Crippen LogP contribution in [0.1, 0.15) is 22.4 Å². The number of benzene rings is 1. The van der Waals surface area contributed by atoms with Crippen molar-refractivity contribution < 1.29 is 4.42 Å². The van der Waals surface area contributed by atoms with Gasteiger partial charge in [-0.25, -0.2) is 4.98 Å². The second-order valence-electron chi connectivity index (χ2n) is 5.71. The Morgan fingerprint density at radius 2 is 1.96 bits per heavy atom. The molecule has 3 N–H and O–H groups in total. The van der Waals surface area contributed by atoms with Crippen molar-refractivity contribution in [1.29, 1.82) is 0 Å². The minimum absolute atomic E-state index is 0.147. The fourth-order valence-corrected chi connectivity index (χ4v) is 3.60. The Morgan fingerprint density at radius 1 is 1.11 bits per heavy atom. The fraction of sp³-hybridized carbons (Fsp3) is 0.176. The van der Waals surface area contributed by atoms with Crippen molar-refractivity contribution in [3.05, 3.63) is 58.1 Å². The molecule has 4 rings (SSSR count). The minimum atomic E-state index is 0.147. The first-order valence-electron chi connectivity index (χ1n) is 8.33. The van der Waals surface area contributed by atoms with E-state index in [9.17, 15) is 0 Å². The number of hydrogen-bond acceptors (Lipinski definition) is 11. The van der Waals surface area contributed by atoms with Crippen LogP contribution in [0.2, 0.25) is 0 Å². The summed E-state index contributed by atoms with van der Waals surface area (Å²) in [6.07, 6.45) is 0.516. The van der Waals surface area contributed by atoms with Gasteiger partial charge in [-0.3, -0.25) is 0 Å². The highest BCUT2D eigenvalue weighted by atomic mass is 32.2. The lowest BCUT2D eigenvalue weighted by Crippen LogP contribution is -2.06. The van der Waals surface area contributed by atoms with Crippen molar-refractivity contribution >= 4 is 40.7 Å². The quantitative estimate of drug-likeness (QED) is 0.436. The highest BCUT2D eigenvalue weighted by molar-refractivity contribution is 7.98. The van der Waals surface area contributed by atoms with Crippen LogP contribution < -0.4 is 11.1 Å². The molecule has 28 heavy (non-hydrogen) atoms. The number of nitrogens with two attached hydrogens (primary N) is 1. The average Bonchev–Trinajstić information content (AvgIpc) is 3.29. The van der Waals surface area contributed by atoms with Gasteiger partial charge >= 0.3 is 0 Å².